The first kappa shape index (κ1) is 20.5. The molecule has 0 bridgehead atoms. The molecule has 2 aliphatic rings. The zero-order valence-electron chi connectivity index (χ0n) is 15.6. The molecule has 4 unspecified atom stereocenters. The monoisotopic (exact) mass is 372 g/mol. The van der Waals surface area contributed by atoms with Crippen molar-refractivity contribution in [2.75, 3.05) is 6.61 Å². The van der Waals surface area contributed by atoms with Gasteiger partial charge in [-0.15, -0.1) is 0 Å². The third kappa shape index (κ3) is 8.51. The van der Waals surface area contributed by atoms with Crippen LogP contribution < -0.4 is 0 Å². The van der Waals surface area contributed by atoms with E-state index in [-0.39, 0.29) is 5.97 Å². The standard InChI is InChI=1S/C20H36O2S2/c1-3-5-9-12-16-18(23-16)15-19-17(24-19)13-10-7-6-8-11-14-20(21)22-4-2/h16-19H,3-15H2,1-2H3. The van der Waals surface area contributed by atoms with E-state index in [4.69, 9.17) is 4.74 Å². The largest absolute Gasteiger partial charge is 0.466 e. The minimum Gasteiger partial charge on any atom is -0.466 e. The highest BCUT2D eigenvalue weighted by Crippen LogP contribution is 2.55. The maximum atomic E-state index is 11.2. The fourth-order valence-electron chi connectivity index (χ4n) is 3.48. The van der Waals surface area contributed by atoms with E-state index in [0.717, 1.165) is 27.4 Å². The lowest BCUT2D eigenvalue weighted by Gasteiger charge is -2.02. The summed E-state index contributed by atoms with van der Waals surface area (Å²) in [6, 6.07) is 0. The minimum absolute atomic E-state index is 0.0272. The molecule has 2 rings (SSSR count). The molecule has 0 radical (unpaired) electrons. The van der Waals surface area contributed by atoms with Crippen molar-refractivity contribution in [3.63, 3.8) is 0 Å². The number of rotatable bonds is 15. The molecule has 140 valence electrons. The number of esters is 1. The summed E-state index contributed by atoms with van der Waals surface area (Å²) in [4.78, 5) is 11.2. The number of thioether (sulfide) groups is 2. The summed E-state index contributed by atoms with van der Waals surface area (Å²) >= 11 is 4.49. The Morgan fingerprint density at radius 3 is 2.00 bits per heavy atom. The molecule has 24 heavy (non-hydrogen) atoms. The highest BCUT2D eigenvalue weighted by atomic mass is 32.2. The fourth-order valence-corrected chi connectivity index (χ4v) is 6.06. The quantitative estimate of drug-likeness (QED) is 0.194. The molecule has 2 nitrogen and oxygen atoms in total. The maximum Gasteiger partial charge on any atom is 0.305 e. The molecule has 0 aliphatic carbocycles. The summed E-state index contributed by atoms with van der Waals surface area (Å²) in [6.45, 7) is 4.68. The first-order valence-corrected chi connectivity index (χ1v) is 12.1. The lowest BCUT2D eigenvalue weighted by atomic mass is 10.0. The number of unbranched alkanes of at least 4 members (excludes halogenated alkanes) is 6. The van der Waals surface area contributed by atoms with Gasteiger partial charge >= 0.3 is 5.97 Å². The van der Waals surface area contributed by atoms with Gasteiger partial charge in [-0.25, -0.2) is 0 Å². The van der Waals surface area contributed by atoms with Crippen LogP contribution in [0.4, 0.5) is 0 Å². The van der Waals surface area contributed by atoms with Crippen LogP contribution in [0.25, 0.3) is 0 Å². The van der Waals surface area contributed by atoms with Crippen LogP contribution in [-0.2, 0) is 9.53 Å². The van der Waals surface area contributed by atoms with Crippen LogP contribution in [-0.4, -0.2) is 33.6 Å². The van der Waals surface area contributed by atoms with Crippen LogP contribution >= 0.6 is 23.5 Å². The highest BCUT2D eigenvalue weighted by Gasteiger charge is 2.46. The molecule has 4 heteroatoms. The molecule has 2 fully saturated rings. The van der Waals surface area contributed by atoms with E-state index in [1.54, 1.807) is 0 Å². The van der Waals surface area contributed by atoms with Crippen molar-refractivity contribution in [1.29, 1.82) is 0 Å². The van der Waals surface area contributed by atoms with E-state index < -0.39 is 0 Å². The molecule has 2 saturated heterocycles. The Hall–Kier alpha value is 0.170. The normalized spacial score (nSPS) is 27.9. The molecule has 0 aromatic carbocycles. The average molecular weight is 373 g/mol. The van der Waals surface area contributed by atoms with Gasteiger partial charge in [0.05, 0.1) is 6.61 Å². The van der Waals surface area contributed by atoms with E-state index >= 15 is 0 Å². The summed E-state index contributed by atoms with van der Waals surface area (Å²) in [5.41, 5.74) is 0. The van der Waals surface area contributed by atoms with Gasteiger partial charge in [0.2, 0.25) is 0 Å². The van der Waals surface area contributed by atoms with Crippen LogP contribution in [0.2, 0.25) is 0 Å². The Morgan fingerprint density at radius 2 is 1.38 bits per heavy atom. The van der Waals surface area contributed by atoms with Gasteiger partial charge in [0.1, 0.15) is 0 Å². The highest BCUT2D eigenvalue weighted by molar-refractivity contribution is 8.08. The molecule has 0 N–H and O–H groups in total. The van der Waals surface area contributed by atoms with Crippen LogP contribution in [0.5, 0.6) is 0 Å². The second-order valence-corrected chi connectivity index (χ2v) is 10.2. The molecule has 0 saturated carbocycles. The summed E-state index contributed by atoms with van der Waals surface area (Å²) in [6.07, 6.45) is 15.4. The van der Waals surface area contributed by atoms with E-state index in [1.807, 2.05) is 6.92 Å². The summed E-state index contributed by atoms with van der Waals surface area (Å²) in [5.74, 6) is -0.0272. The topological polar surface area (TPSA) is 26.3 Å². The molecular formula is C20H36O2S2. The SMILES string of the molecule is CCCCCC1SC1CC1SC1CCCCCCCC(=O)OCC. The van der Waals surface area contributed by atoms with Crippen molar-refractivity contribution in [3.05, 3.63) is 0 Å². The van der Waals surface area contributed by atoms with Gasteiger partial charge in [-0.2, -0.15) is 23.5 Å². The Kier molecular flexibility index (Phi) is 10.0. The van der Waals surface area contributed by atoms with Crippen molar-refractivity contribution in [3.8, 4) is 0 Å². The molecule has 2 aliphatic heterocycles. The summed E-state index contributed by atoms with van der Waals surface area (Å²) in [7, 11) is 0. The Balaban J connectivity index is 1.34. The molecular weight excluding hydrogens is 336 g/mol. The lowest BCUT2D eigenvalue weighted by Crippen LogP contribution is -2.03. The molecule has 0 spiro atoms. The van der Waals surface area contributed by atoms with Crippen molar-refractivity contribution in [2.45, 2.75) is 112 Å². The average Bonchev–Trinajstić information content (AvgIpc) is 3.47. The van der Waals surface area contributed by atoms with Gasteiger partial charge < -0.3 is 4.74 Å². The number of carbonyl (C=O) groups excluding carboxylic acids is 1. The number of hydrogen-bond donors (Lipinski definition) is 0. The van der Waals surface area contributed by atoms with Gasteiger partial charge in [0, 0.05) is 27.4 Å². The third-order valence-corrected chi connectivity index (χ3v) is 8.05. The van der Waals surface area contributed by atoms with Crippen LogP contribution in [0.1, 0.15) is 90.9 Å². The number of ether oxygens (including phenoxy) is 1. The van der Waals surface area contributed by atoms with Crippen LogP contribution in [0.3, 0.4) is 0 Å². The zero-order chi connectivity index (χ0) is 17.2. The van der Waals surface area contributed by atoms with E-state index in [9.17, 15) is 4.79 Å². The van der Waals surface area contributed by atoms with Gasteiger partial charge in [0.15, 0.2) is 0 Å². The predicted octanol–water partition coefficient (Wildman–Crippen LogP) is 6.22. The smallest absolute Gasteiger partial charge is 0.305 e. The van der Waals surface area contributed by atoms with Gasteiger partial charge in [-0.05, 0) is 32.6 Å². The van der Waals surface area contributed by atoms with Gasteiger partial charge in [0.25, 0.3) is 0 Å². The molecule has 0 amide bonds. The Bertz CT molecular complexity index is 362. The lowest BCUT2D eigenvalue weighted by molar-refractivity contribution is -0.143. The second-order valence-electron chi connectivity index (χ2n) is 7.27. The third-order valence-electron chi connectivity index (χ3n) is 5.11. The first-order valence-electron chi connectivity index (χ1n) is 10.2. The van der Waals surface area contributed by atoms with Crippen molar-refractivity contribution in [1.82, 2.24) is 0 Å². The second kappa shape index (κ2) is 11.7. The van der Waals surface area contributed by atoms with Crippen molar-refractivity contribution >= 4 is 29.5 Å². The minimum atomic E-state index is -0.0272. The number of hydrogen-bond acceptors (Lipinski definition) is 4. The van der Waals surface area contributed by atoms with Gasteiger partial charge in [-0.3, -0.25) is 4.79 Å². The van der Waals surface area contributed by atoms with E-state index in [0.29, 0.717) is 13.0 Å². The Morgan fingerprint density at radius 1 is 0.792 bits per heavy atom. The fraction of sp³-hybridized carbons (Fsp3) is 0.950. The Labute approximate surface area is 157 Å². The van der Waals surface area contributed by atoms with Gasteiger partial charge in [-0.1, -0.05) is 51.9 Å². The van der Waals surface area contributed by atoms with Crippen LogP contribution in [0.15, 0.2) is 0 Å². The molecule has 0 aromatic rings. The molecule has 0 aromatic heterocycles. The van der Waals surface area contributed by atoms with Crippen LogP contribution in [0, 0.1) is 0 Å². The van der Waals surface area contributed by atoms with Crippen molar-refractivity contribution < 1.29 is 9.53 Å². The summed E-state index contributed by atoms with van der Waals surface area (Å²) < 4.78 is 4.95. The van der Waals surface area contributed by atoms with Crippen molar-refractivity contribution in [2.24, 2.45) is 0 Å². The maximum absolute atomic E-state index is 11.2. The molecule has 4 atom stereocenters. The predicted molar refractivity (Wildman–Crippen MR) is 108 cm³/mol. The first-order chi connectivity index (χ1) is 11.7. The number of carbonyl (C=O) groups is 1. The molecule has 2 heterocycles. The zero-order valence-corrected chi connectivity index (χ0v) is 17.3. The van der Waals surface area contributed by atoms with E-state index in [2.05, 4.69) is 30.4 Å². The van der Waals surface area contributed by atoms with E-state index in [1.165, 1.54) is 64.2 Å². The summed E-state index contributed by atoms with van der Waals surface area (Å²) in [5, 5.41) is 3.98.